The number of alkyl halides is 3. The van der Waals surface area contributed by atoms with Crippen LogP contribution in [0.5, 0.6) is 11.5 Å². The normalized spacial score (nSPS) is 10.9. The van der Waals surface area contributed by atoms with Gasteiger partial charge in [0.25, 0.3) is 5.56 Å². The Morgan fingerprint density at radius 2 is 1.69 bits per heavy atom. The molecule has 39 heavy (non-hydrogen) atoms. The summed E-state index contributed by atoms with van der Waals surface area (Å²) in [6.45, 7) is 1.90. The van der Waals surface area contributed by atoms with Crippen LogP contribution in [0.25, 0.3) is 28.3 Å². The summed E-state index contributed by atoms with van der Waals surface area (Å²) < 4.78 is 45.4. The topological polar surface area (TPSA) is 160 Å². The predicted octanol–water partition coefficient (Wildman–Crippen LogP) is 2.89. The lowest BCUT2D eigenvalue weighted by Crippen LogP contribution is -2.25. The van der Waals surface area contributed by atoms with Crippen molar-refractivity contribution < 1.29 is 32.5 Å². The van der Waals surface area contributed by atoms with Gasteiger partial charge in [0.2, 0.25) is 0 Å². The van der Waals surface area contributed by atoms with E-state index in [2.05, 4.69) is 20.2 Å². The number of nitrogens with two attached hydrogens (primary N) is 1. The number of aliphatic carboxylic acids is 1. The Hall–Kier alpha value is -4.95. The molecule has 206 valence electrons. The van der Waals surface area contributed by atoms with E-state index in [0.717, 1.165) is 5.56 Å². The number of aromatic nitrogens is 6. The van der Waals surface area contributed by atoms with Gasteiger partial charge in [-0.3, -0.25) is 9.48 Å². The van der Waals surface area contributed by atoms with Crippen LogP contribution in [0.4, 0.5) is 19.0 Å². The zero-order valence-corrected chi connectivity index (χ0v) is 21.2. The Kier molecular flexibility index (Phi) is 8.53. The molecule has 4 aromatic rings. The number of nitrogens with zero attached hydrogens (tertiary/aromatic N) is 6. The summed E-state index contributed by atoms with van der Waals surface area (Å²) in [5, 5.41) is 15.9. The number of halogens is 3. The Balaban J connectivity index is 0.000000532. The van der Waals surface area contributed by atoms with Crippen molar-refractivity contribution in [3.05, 3.63) is 58.8 Å². The first-order chi connectivity index (χ1) is 18.4. The van der Waals surface area contributed by atoms with E-state index in [-0.39, 0.29) is 11.4 Å². The van der Waals surface area contributed by atoms with Gasteiger partial charge in [0, 0.05) is 42.6 Å². The lowest BCUT2D eigenvalue weighted by Gasteiger charge is -2.13. The molecular weight excluding hydrogens is 523 g/mol. The quantitative estimate of drug-likeness (QED) is 0.367. The Morgan fingerprint density at radius 3 is 2.18 bits per heavy atom. The standard InChI is InChI=1S/C22H23N7O3.C2HF3O2/c1-5-13-6-18(20-21(23)24-11-19(26-20)14-10-25-28(2)12-14)27-29(22(13)30)15-7-16(31-3)9-17(8-15)32-4;3-2(4,5)1(6)7/h6-12H,5H2,1-4H3,(H2,23,24);(H,6,7). The number of carboxylic acid groups (broad SMARTS) is 1. The Bertz CT molecular complexity index is 1530. The average molecular weight is 547 g/mol. The number of ether oxygens (including phenoxy) is 2. The number of hydrogen-bond donors (Lipinski definition) is 2. The van der Waals surface area contributed by atoms with Crippen LogP contribution in [-0.4, -0.2) is 61.0 Å². The lowest BCUT2D eigenvalue weighted by molar-refractivity contribution is -0.192. The minimum atomic E-state index is -5.08. The molecule has 0 spiro atoms. The third-order valence-corrected chi connectivity index (χ3v) is 5.23. The zero-order valence-electron chi connectivity index (χ0n) is 21.2. The highest BCUT2D eigenvalue weighted by atomic mass is 19.4. The van der Waals surface area contributed by atoms with Crippen molar-refractivity contribution in [2.45, 2.75) is 19.5 Å². The molecule has 0 unspecified atom stereocenters. The van der Waals surface area contributed by atoms with Crippen molar-refractivity contribution in [3.63, 3.8) is 0 Å². The summed E-state index contributed by atoms with van der Waals surface area (Å²) in [4.78, 5) is 30.9. The third kappa shape index (κ3) is 6.68. The predicted molar refractivity (Wildman–Crippen MR) is 134 cm³/mol. The van der Waals surface area contributed by atoms with Gasteiger partial charge in [0.1, 0.15) is 22.9 Å². The second-order valence-electron chi connectivity index (χ2n) is 7.89. The minimum Gasteiger partial charge on any atom is -0.497 e. The smallest absolute Gasteiger partial charge is 0.490 e. The van der Waals surface area contributed by atoms with Crippen LogP contribution in [0, 0.1) is 0 Å². The number of aryl methyl sites for hydroxylation is 2. The summed E-state index contributed by atoms with van der Waals surface area (Å²) in [7, 11) is 4.91. The van der Waals surface area contributed by atoms with Gasteiger partial charge in [-0.25, -0.2) is 14.8 Å². The monoisotopic (exact) mass is 547 g/mol. The summed E-state index contributed by atoms with van der Waals surface area (Å²) in [6, 6.07) is 6.84. The molecule has 3 aromatic heterocycles. The van der Waals surface area contributed by atoms with Crippen LogP contribution in [-0.2, 0) is 18.3 Å². The molecule has 0 aliphatic heterocycles. The van der Waals surface area contributed by atoms with Crippen molar-refractivity contribution in [1.29, 1.82) is 0 Å². The van der Waals surface area contributed by atoms with Crippen LogP contribution in [0.1, 0.15) is 12.5 Å². The number of hydrogen-bond acceptors (Lipinski definition) is 9. The second-order valence-corrected chi connectivity index (χ2v) is 7.89. The largest absolute Gasteiger partial charge is 0.497 e. The van der Waals surface area contributed by atoms with E-state index in [1.807, 2.05) is 20.2 Å². The maximum Gasteiger partial charge on any atom is 0.490 e. The molecular formula is C24H24F3N7O5. The minimum absolute atomic E-state index is 0.209. The SMILES string of the molecule is CCc1cc(-c2nc(-c3cnn(C)c3)cnc2N)nn(-c2cc(OC)cc(OC)c2)c1=O.O=C(O)C(F)(F)F. The molecule has 0 aliphatic carbocycles. The molecule has 15 heteroatoms. The maximum absolute atomic E-state index is 13.1. The molecule has 3 heterocycles. The highest BCUT2D eigenvalue weighted by Crippen LogP contribution is 2.27. The van der Waals surface area contributed by atoms with E-state index >= 15 is 0 Å². The fraction of sp³-hybridized carbons (Fsp3) is 0.250. The first kappa shape index (κ1) is 28.6. The molecule has 0 amide bonds. The first-order valence-electron chi connectivity index (χ1n) is 11.2. The third-order valence-electron chi connectivity index (χ3n) is 5.23. The first-order valence-corrected chi connectivity index (χ1v) is 11.2. The summed E-state index contributed by atoms with van der Waals surface area (Å²) in [5.74, 6) is -1.48. The van der Waals surface area contributed by atoms with Crippen LogP contribution < -0.4 is 20.8 Å². The van der Waals surface area contributed by atoms with Crippen LogP contribution >= 0.6 is 0 Å². The Morgan fingerprint density at radius 1 is 1.08 bits per heavy atom. The number of carboxylic acids is 1. The molecule has 0 atom stereocenters. The molecule has 0 saturated heterocycles. The zero-order chi connectivity index (χ0) is 28.9. The number of nitrogen functional groups attached to an aromatic ring is 1. The van der Waals surface area contributed by atoms with Crippen molar-refractivity contribution in [2.24, 2.45) is 7.05 Å². The van der Waals surface area contributed by atoms with Crippen molar-refractivity contribution in [2.75, 3.05) is 20.0 Å². The number of benzene rings is 1. The molecule has 3 N–H and O–H groups in total. The molecule has 4 rings (SSSR count). The number of anilines is 1. The van der Waals surface area contributed by atoms with Crippen molar-refractivity contribution >= 4 is 11.8 Å². The van der Waals surface area contributed by atoms with Gasteiger partial charge in [-0.05, 0) is 12.5 Å². The van der Waals surface area contributed by atoms with Gasteiger partial charge in [-0.2, -0.15) is 28.1 Å². The Labute approximate surface area is 219 Å². The van der Waals surface area contributed by atoms with E-state index in [9.17, 15) is 18.0 Å². The molecule has 0 bridgehead atoms. The maximum atomic E-state index is 13.1. The van der Waals surface area contributed by atoms with Gasteiger partial charge < -0.3 is 20.3 Å². The average Bonchev–Trinajstić information content (AvgIpc) is 3.34. The van der Waals surface area contributed by atoms with E-state index in [4.69, 9.17) is 25.1 Å². The summed E-state index contributed by atoms with van der Waals surface area (Å²) in [6.07, 6.45) is 0.529. The molecule has 0 saturated carbocycles. The van der Waals surface area contributed by atoms with Gasteiger partial charge in [0.05, 0.1) is 38.0 Å². The number of methoxy groups -OCH3 is 2. The molecule has 1 aromatic carbocycles. The van der Waals surface area contributed by atoms with Crippen molar-refractivity contribution in [3.8, 4) is 39.8 Å². The van der Waals surface area contributed by atoms with Crippen LogP contribution in [0.3, 0.4) is 0 Å². The van der Waals surface area contributed by atoms with Crippen LogP contribution in [0.2, 0.25) is 0 Å². The van der Waals surface area contributed by atoms with Gasteiger partial charge in [-0.15, -0.1) is 0 Å². The molecule has 12 nitrogen and oxygen atoms in total. The van der Waals surface area contributed by atoms with E-state index in [1.165, 1.54) is 4.68 Å². The van der Waals surface area contributed by atoms with E-state index in [0.29, 0.717) is 46.3 Å². The number of rotatable bonds is 6. The molecule has 0 aliphatic rings. The van der Waals surface area contributed by atoms with Crippen molar-refractivity contribution in [1.82, 2.24) is 29.5 Å². The fourth-order valence-electron chi connectivity index (χ4n) is 3.28. The van der Waals surface area contributed by atoms with Gasteiger partial charge >= 0.3 is 12.1 Å². The second kappa shape index (κ2) is 11.6. The highest BCUT2D eigenvalue weighted by molar-refractivity contribution is 5.73. The summed E-state index contributed by atoms with van der Waals surface area (Å²) >= 11 is 0. The molecule has 0 radical (unpaired) electrons. The van der Waals surface area contributed by atoms with Gasteiger partial charge in [0.15, 0.2) is 5.82 Å². The number of carbonyl (C=O) groups is 1. The van der Waals surface area contributed by atoms with Crippen LogP contribution in [0.15, 0.2) is 47.7 Å². The fourth-order valence-corrected chi connectivity index (χ4v) is 3.28. The highest BCUT2D eigenvalue weighted by Gasteiger charge is 2.38. The van der Waals surface area contributed by atoms with E-state index in [1.54, 1.807) is 55.6 Å². The van der Waals surface area contributed by atoms with Gasteiger partial charge in [-0.1, -0.05) is 6.92 Å². The lowest BCUT2D eigenvalue weighted by atomic mass is 10.1. The van der Waals surface area contributed by atoms with E-state index < -0.39 is 12.1 Å². The summed E-state index contributed by atoms with van der Waals surface area (Å²) in [5.41, 5.74) is 9.16. The molecule has 0 fully saturated rings.